The fourth-order valence-corrected chi connectivity index (χ4v) is 1.87. The Kier molecular flexibility index (Phi) is 4.11. The first kappa shape index (κ1) is 13.5. The molecule has 104 valence electrons. The van der Waals surface area contributed by atoms with Crippen LogP contribution in [-0.2, 0) is 4.79 Å². The first-order chi connectivity index (χ1) is 9.08. The first-order valence-electron chi connectivity index (χ1n) is 6.20. The van der Waals surface area contributed by atoms with Crippen molar-refractivity contribution in [2.45, 2.75) is 19.4 Å². The minimum Gasteiger partial charge on any atom is -0.486 e. The average molecular weight is 266 g/mol. The van der Waals surface area contributed by atoms with Crippen LogP contribution in [0.3, 0.4) is 0 Å². The summed E-state index contributed by atoms with van der Waals surface area (Å²) in [5, 5.41) is 11.9. The first-order valence-corrected chi connectivity index (χ1v) is 6.20. The minimum atomic E-state index is -0.985. The van der Waals surface area contributed by atoms with Crippen LogP contribution >= 0.6 is 0 Å². The number of fused-ring (bicyclic) bond motifs is 1. The molecule has 0 bridgehead atoms. The highest BCUT2D eigenvalue weighted by Crippen LogP contribution is 2.35. The molecule has 0 saturated heterocycles. The van der Waals surface area contributed by atoms with Gasteiger partial charge in [-0.15, -0.1) is 0 Å². The lowest BCUT2D eigenvalue weighted by Gasteiger charge is -2.21. The molecule has 0 amide bonds. The number of hydrogen-bond acceptors (Lipinski definition) is 5. The maximum Gasteiger partial charge on any atom is 0.320 e. The van der Waals surface area contributed by atoms with E-state index in [1.54, 1.807) is 0 Å². The SMILES string of the molecule is Cc1cc2c(cc1NCCC(N)C(=O)O)OCCO2. The van der Waals surface area contributed by atoms with Gasteiger partial charge in [0.05, 0.1) is 0 Å². The molecule has 1 aromatic rings. The van der Waals surface area contributed by atoms with Crippen molar-refractivity contribution in [3.63, 3.8) is 0 Å². The Hall–Kier alpha value is -1.95. The standard InChI is InChI=1S/C13H18N2O4/c1-8-6-11-12(19-5-4-18-11)7-10(8)15-3-2-9(14)13(16)17/h6-7,9,15H,2-5,14H2,1H3,(H,16,17). The third-order valence-electron chi connectivity index (χ3n) is 2.98. The molecular formula is C13H18N2O4. The number of benzene rings is 1. The monoisotopic (exact) mass is 266 g/mol. The smallest absolute Gasteiger partial charge is 0.320 e. The molecule has 0 fully saturated rings. The lowest BCUT2D eigenvalue weighted by Crippen LogP contribution is -2.32. The Morgan fingerprint density at radius 2 is 2.05 bits per heavy atom. The number of nitrogens with one attached hydrogen (secondary N) is 1. The summed E-state index contributed by atoms with van der Waals surface area (Å²) in [7, 11) is 0. The van der Waals surface area contributed by atoms with Crippen molar-refractivity contribution in [1.82, 2.24) is 0 Å². The summed E-state index contributed by atoms with van der Waals surface area (Å²) < 4.78 is 11.0. The summed E-state index contributed by atoms with van der Waals surface area (Å²) in [6, 6.07) is 2.94. The molecule has 0 radical (unpaired) electrons. The number of carboxylic acid groups (broad SMARTS) is 1. The Morgan fingerprint density at radius 1 is 1.42 bits per heavy atom. The molecule has 2 rings (SSSR count). The fourth-order valence-electron chi connectivity index (χ4n) is 1.87. The molecular weight excluding hydrogens is 248 g/mol. The van der Waals surface area contributed by atoms with Gasteiger partial charge in [-0.05, 0) is 25.0 Å². The van der Waals surface area contributed by atoms with Gasteiger partial charge in [0, 0.05) is 18.3 Å². The summed E-state index contributed by atoms with van der Waals surface area (Å²) in [5.74, 6) is 0.471. The van der Waals surface area contributed by atoms with Crippen molar-refractivity contribution < 1.29 is 19.4 Å². The number of hydrogen-bond donors (Lipinski definition) is 3. The summed E-state index contributed by atoms with van der Waals surface area (Å²) in [6.45, 7) is 3.55. The van der Waals surface area contributed by atoms with Crippen molar-refractivity contribution in [3.05, 3.63) is 17.7 Å². The second-order valence-electron chi connectivity index (χ2n) is 4.47. The zero-order valence-electron chi connectivity index (χ0n) is 10.8. The maximum atomic E-state index is 10.6. The Bertz CT molecular complexity index is 476. The van der Waals surface area contributed by atoms with Gasteiger partial charge < -0.3 is 25.6 Å². The van der Waals surface area contributed by atoms with Gasteiger partial charge in [0.1, 0.15) is 19.3 Å². The molecule has 1 unspecified atom stereocenters. The highest BCUT2D eigenvalue weighted by molar-refractivity contribution is 5.73. The largest absolute Gasteiger partial charge is 0.486 e. The minimum absolute atomic E-state index is 0.364. The highest BCUT2D eigenvalue weighted by Gasteiger charge is 2.15. The molecule has 1 aromatic carbocycles. The maximum absolute atomic E-state index is 10.6. The molecule has 1 aliphatic heterocycles. The number of carboxylic acids is 1. The van der Waals surface area contributed by atoms with Gasteiger partial charge in [-0.3, -0.25) is 4.79 Å². The topological polar surface area (TPSA) is 93.8 Å². The molecule has 19 heavy (non-hydrogen) atoms. The lowest BCUT2D eigenvalue weighted by atomic mass is 10.1. The van der Waals surface area contributed by atoms with Crippen LogP contribution in [0, 0.1) is 6.92 Å². The van der Waals surface area contributed by atoms with Crippen LogP contribution in [0.25, 0.3) is 0 Å². The van der Waals surface area contributed by atoms with Gasteiger partial charge in [-0.1, -0.05) is 0 Å². The summed E-state index contributed by atoms with van der Waals surface area (Å²) >= 11 is 0. The van der Waals surface area contributed by atoms with Gasteiger partial charge in [0.25, 0.3) is 0 Å². The predicted octanol–water partition coefficient (Wildman–Crippen LogP) is 0.980. The van der Waals surface area contributed by atoms with Gasteiger partial charge >= 0.3 is 5.97 Å². The lowest BCUT2D eigenvalue weighted by molar-refractivity contribution is -0.138. The van der Waals surface area contributed by atoms with Crippen LogP contribution in [0.1, 0.15) is 12.0 Å². The highest BCUT2D eigenvalue weighted by atomic mass is 16.6. The van der Waals surface area contributed by atoms with Crippen molar-refractivity contribution in [3.8, 4) is 11.5 Å². The van der Waals surface area contributed by atoms with Crippen LogP contribution < -0.4 is 20.5 Å². The zero-order chi connectivity index (χ0) is 13.8. The molecule has 4 N–H and O–H groups in total. The van der Waals surface area contributed by atoms with Crippen LogP contribution in [0.2, 0.25) is 0 Å². The van der Waals surface area contributed by atoms with E-state index >= 15 is 0 Å². The van der Waals surface area contributed by atoms with E-state index in [1.807, 2.05) is 19.1 Å². The third-order valence-corrected chi connectivity index (χ3v) is 2.98. The van der Waals surface area contributed by atoms with E-state index in [0.29, 0.717) is 31.9 Å². The number of aryl methyl sites for hydroxylation is 1. The quantitative estimate of drug-likeness (QED) is 0.735. The molecule has 1 heterocycles. The second-order valence-corrected chi connectivity index (χ2v) is 4.47. The summed E-state index contributed by atoms with van der Waals surface area (Å²) in [6.07, 6.45) is 0.364. The summed E-state index contributed by atoms with van der Waals surface area (Å²) in [5.41, 5.74) is 7.37. The van der Waals surface area contributed by atoms with E-state index in [0.717, 1.165) is 17.0 Å². The van der Waals surface area contributed by atoms with Gasteiger partial charge in [0.2, 0.25) is 0 Å². The van der Waals surface area contributed by atoms with Crippen LogP contribution in [-0.4, -0.2) is 36.9 Å². The normalized spacial score (nSPS) is 14.8. The molecule has 6 nitrogen and oxygen atoms in total. The van der Waals surface area contributed by atoms with Crippen LogP contribution in [0.15, 0.2) is 12.1 Å². The summed E-state index contributed by atoms with van der Waals surface area (Å²) in [4.78, 5) is 10.6. The van der Waals surface area contributed by atoms with E-state index in [4.69, 9.17) is 20.3 Å². The van der Waals surface area contributed by atoms with Crippen LogP contribution in [0.5, 0.6) is 11.5 Å². The van der Waals surface area contributed by atoms with Gasteiger partial charge in [0.15, 0.2) is 11.5 Å². The van der Waals surface area contributed by atoms with Gasteiger partial charge in [-0.25, -0.2) is 0 Å². The number of aliphatic carboxylic acids is 1. The number of anilines is 1. The molecule has 0 aromatic heterocycles. The van der Waals surface area contributed by atoms with E-state index in [-0.39, 0.29) is 0 Å². The molecule has 0 aliphatic carbocycles. The Labute approximate surface area is 111 Å². The molecule has 1 atom stereocenters. The Morgan fingerprint density at radius 3 is 2.68 bits per heavy atom. The van der Waals surface area contributed by atoms with Crippen molar-refractivity contribution in [2.75, 3.05) is 25.1 Å². The Balaban J connectivity index is 1.98. The number of rotatable bonds is 5. The van der Waals surface area contributed by atoms with Crippen molar-refractivity contribution >= 4 is 11.7 Å². The molecule has 1 aliphatic rings. The second kappa shape index (κ2) is 5.79. The fraction of sp³-hybridized carbons (Fsp3) is 0.462. The number of nitrogens with two attached hydrogens (primary N) is 1. The predicted molar refractivity (Wildman–Crippen MR) is 70.9 cm³/mol. The van der Waals surface area contributed by atoms with Crippen molar-refractivity contribution in [2.24, 2.45) is 5.73 Å². The van der Waals surface area contributed by atoms with E-state index in [9.17, 15) is 4.79 Å². The molecule has 0 spiro atoms. The number of ether oxygens (including phenoxy) is 2. The third kappa shape index (κ3) is 3.29. The van der Waals surface area contributed by atoms with Crippen LogP contribution in [0.4, 0.5) is 5.69 Å². The van der Waals surface area contributed by atoms with Crippen molar-refractivity contribution in [1.29, 1.82) is 0 Å². The molecule has 6 heteroatoms. The average Bonchev–Trinajstić information content (AvgIpc) is 2.39. The molecule has 0 saturated carbocycles. The zero-order valence-corrected chi connectivity index (χ0v) is 10.8. The van der Waals surface area contributed by atoms with E-state index in [2.05, 4.69) is 5.32 Å². The number of carbonyl (C=O) groups is 1. The van der Waals surface area contributed by atoms with E-state index in [1.165, 1.54) is 0 Å². The van der Waals surface area contributed by atoms with Gasteiger partial charge in [-0.2, -0.15) is 0 Å². The van der Waals surface area contributed by atoms with E-state index < -0.39 is 12.0 Å².